The van der Waals surface area contributed by atoms with Crippen LogP contribution >= 0.6 is 0 Å². The number of nitrogens with one attached hydrogen (secondary N) is 3. The summed E-state index contributed by atoms with van der Waals surface area (Å²) in [5.41, 5.74) is 2.56. The van der Waals surface area contributed by atoms with E-state index in [2.05, 4.69) is 20.6 Å². The van der Waals surface area contributed by atoms with E-state index in [4.69, 9.17) is 9.47 Å². The quantitative estimate of drug-likeness (QED) is 0.296. The van der Waals surface area contributed by atoms with Crippen LogP contribution in [0.4, 0.5) is 5.69 Å². The molecule has 1 aromatic heterocycles. The van der Waals surface area contributed by atoms with E-state index in [0.717, 1.165) is 11.4 Å². The topological polar surface area (TPSA) is 108 Å². The van der Waals surface area contributed by atoms with Gasteiger partial charge in [0.25, 0.3) is 5.91 Å². The number of H-pyrrole nitrogens is 1. The number of benzene rings is 2. The molecule has 1 amide bonds. The minimum atomic E-state index is -0.710. The first-order valence-electron chi connectivity index (χ1n) is 10.0. The van der Waals surface area contributed by atoms with Crippen molar-refractivity contribution in [2.75, 3.05) is 31.6 Å². The van der Waals surface area contributed by atoms with E-state index in [1.165, 1.54) is 0 Å². The molecule has 0 aliphatic carbocycles. The summed E-state index contributed by atoms with van der Waals surface area (Å²) >= 11 is 0. The van der Waals surface area contributed by atoms with E-state index < -0.39 is 6.10 Å². The molecule has 1 atom stereocenters. The molecule has 31 heavy (non-hydrogen) atoms. The predicted molar refractivity (Wildman–Crippen MR) is 118 cm³/mol. The van der Waals surface area contributed by atoms with Gasteiger partial charge in [-0.3, -0.25) is 4.79 Å². The number of amides is 1. The van der Waals surface area contributed by atoms with Crippen molar-refractivity contribution in [3.63, 3.8) is 0 Å². The maximum absolute atomic E-state index is 12.4. The number of aromatic nitrogens is 2. The van der Waals surface area contributed by atoms with Crippen molar-refractivity contribution in [2.45, 2.75) is 6.10 Å². The first kappa shape index (κ1) is 20.6. The fourth-order valence-electron chi connectivity index (χ4n) is 3.25. The Kier molecular flexibility index (Phi) is 6.61. The molecule has 4 N–H and O–H groups in total. The van der Waals surface area contributed by atoms with E-state index >= 15 is 0 Å². The standard InChI is InChI=1S/C23H24N4O4/c28-17(13-24-9-10-30-18-5-2-1-3-6-18)14-31-21-8-4-7-20-22(21)19(23(29)27-20)11-16-12-25-15-26-16/h1-8,11-12,15,17,24,28H,9-10,13-14H2,(H,25,26)(H,27,29). The number of aliphatic hydroxyl groups excluding tert-OH is 1. The molecule has 0 spiro atoms. The zero-order valence-corrected chi connectivity index (χ0v) is 16.9. The zero-order valence-electron chi connectivity index (χ0n) is 16.9. The molecule has 0 radical (unpaired) electrons. The summed E-state index contributed by atoms with van der Waals surface area (Å²) in [5, 5.41) is 16.2. The third kappa shape index (κ3) is 5.30. The van der Waals surface area contributed by atoms with Gasteiger partial charge in [0.2, 0.25) is 0 Å². The van der Waals surface area contributed by atoms with Crippen LogP contribution in [0.5, 0.6) is 11.5 Å². The number of carbonyl (C=O) groups excluding carboxylic acids is 1. The lowest BCUT2D eigenvalue weighted by Gasteiger charge is -2.15. The fourth-order valence-corrected chi connectivity index (χ4v) is 3.25. The minimum absolute atomic E-state index is 0.0918. The van der Waals surface area contributed by atoms with Gasteiger partial charge in [0, 0.05) is 13.1 Å². The normalized spacial score (nSPS) is 14.9. The molecule has 8 nitrogen and oxygen atoms in total. The van der Waals surface area contributed by atoms with Gasteiger partial charge in [0.05, 0.1) is 35.0 Å². The number of nitrogens with zero attached hydrogens (tertiary/aromatic N) is 1. The van der Waals surface area contributed by atoms with Crippen molar-refractivity contribution < 1.29 is 19.4 Å². The summed E-state index contributed by atoms with van der Waals surface area (Å²) in [5.74, 6) is 1.14. The molecule has 2 heterocycles. The largest absolute Gasteiger partial charge is 0.492 e. The van der Waals surface area contributed by atoms with Gasteiger partial charge in [0.1, 0.15) is 30.8 Å². The minimum Gasteiger partial charge on any atom is -0.492 e. The van der Waals surface area contributed by atoms with Crippen molar-refractivity contribution in [1.29, 1.82) is 0 Å². The number of rotatable bonds is 10. The van der Waals surface area contributed by atoms with Crippen molar-refractivity contribution in [3.05, 3.63) is 72.3 Å². The Bertz CT molecular complexity index is 1030. The van der Waals surface area contributed by atoms with E-state index in [1.54, 1.807) is 30.7 Å². The van der Waals surface area contributed by atoms with Crippen LogP contribution in [0.2, 0.25) is 0 Å². The highest BCUT2D eigenvalue weighted by molar-refractivity contribution is 6.35. The molecule has 160 valence electrons. The number of carbonyl (C=O) groups is 1. The summed E-state index contributed by atoms with van der Waals surface area (Å²) in [7, 11) is 0. The van der Waals surface area contributed by atoms with Gasteiger partial charge in [-0.25, -0.2) is 4.98 Å². The van der Waals surface area contributed by atoms with Crippen molar-refractivity contribution in [3.8, 4) is 11.5 Å². The summed E-state index contributed by atoms with van der Waals surface area (Å²) < 4.78 is 11.5. The highest BCUT2D eigenvalue weighted by atomic mass is 16.5. The second kappa shape index (κ2) is 9.92. The molecule has 0 saturated heterocycles. The Morgan fingerprint density at radius 3 is 2.81 bits per heavy atom. The van der Waals surface area contributed by atoms with Crippen molar-refractivity contribution in [1.82, 2.24) is 15.3 Å². The number of anilines is 1. The van der Waals surface area contributed by atoms with Crippen LogP contribution in [0.1, 0.15) is 11.3 Å². The van der Waals surface area contributed by atoms with Gasteiger partial charge in [-0.1, -0.05) is 24.3 Å². The van der Waals surface area contributed by atoms with Crippen molar-refractivity contribution in [2.24, 2.45) is 0 Å². The van der Waals surface area contributed by atoms with Crippen molar-refractivity contribution >= 4 is 23.2 Å². The number of para-hydroxylation sites is 1. The Hall–Kier alpha value is -3.62. The van der Waals surface area contributed by atoms with Crippen LogP contribution in [0, 0.1) is 0 Å². The fraction of sp³-hybridized carbons (Fsp3) is 0.217. The summed E-state index contributed by atoms with van der Waals surface area (Å²) in [4.78, 5) is 19.3. The average molecular weight is 420 g/mol. The lowest BCUT2D eigenvalue weighted by Crippen LogP contribution is -2.33. The van der Waals surface area contributed by atoms with Gasteiger partial charge in [-0.2, -0.15) is 0 Å². The van der Waals surface area contributed by atoms with Crippen LogP contribution < -0.4 is 20.1 Å². The summed E-state index contributed by atoms with van der Waals surface area (Å²) in [6.45, 7) is 1.55. The number of imidazole rings is 1. The number of hydrogen-bond donors (Lipinski definition) is 4. The van der Waals surface area contributed by atoms with Gasteiger partial charge in [-0.15, -0.1) is 0 Å². The molecular formula is C23H24N4O4. The monoisotopic (exact) mass is 420 g/mol. The number of ether oxygens (including phenoxy) is 2. The molecule has 0 fully saturated rings. The number of aliphatic hydroxyl groups is 1. The molecule has 2 aromatic carbocycles. The Morgan fingerprint density at radius 2 is 2.00 bits per heavy atom. The lowest BCUT2D eigenvalue weighted by atomic mass is 10.0. The molecule has 1 aliphatic heterocycles. The molecule has 3 aromatic rings. The molecule has 4 rings (SSSR count). The van der Waals surface area contributed by atoms with Crippen LogP contribution in [0.25, 0.3) is 11.6 Å². The Morgan fingerprint density at radius 1 is 1.13 bits per heavy atom. The SMILES string of the molecule is O=C1Nc2cccc(OCC(O)CNCCOc3ccccc3)c2C1=Cc1cnc[nH]1. The molecular weight excluding hydrogens is 396 g/mol. The molecule has 1 unspecified atom stereocenters. The second-order valence-corrected chi connectivity index (χ2v) is 7.03. The van der Waals surface area contributed by atoms with E-state index in [9.17, 15) is 9.90 Å². The predicted octanol–water partition coefficient (Wildman–Crippen LogP) is 2.31. The summed E-state index contributed by atoms with van der Waals surface area (Å²) in [6.07, 6.45) is 4.21. The smallest absolute Gasteiger partial charge is 0.256 e. The maximum atomic E-state index is 12.4. The lowest BCUT2D eigenvalue weighted by molar-refractivity contribution is -0.110. The van der Waals surface area contributed by atoms with Crippen LogP contribution in [0.3, 0.4) is 0 Å². The Labute approximate surface area is 179 Å². The number of aromatic amines is 1. The summed E-state index contributed by atoms with van der Waals surface area (Å²) in [6, 6.07) is 15.0. The average Bonchev–Trinajstić information content (AvgIpc) is 3.41. The third-order valence-corrected chi connectivity index (χ3v) is 4.71. The number of hydrogen-bond acceptors (Lipinski definition) is 6. The molecule has 8 heteroatoms. The molecule has 0 bridgehead atoms. The molecule has 0 saturated carbocycles. The molecule has 1 aliphatic rings. The van der Waals surface area contributed by atoms with Crippen LogP contribution in [-0.2, 0) is 4.79 Å². The van der Waals surface area contributed by atoms with Gasteiger partial charge >= 0.3 is 0 Å². The van der Waals surface area contributed by atoms with Gasteiger partial charge < -0.3 is 30.2 Å². The second-order valence-electron chi connectivity index (χ2n) is 7.03. The van der Waals surface area contributed by atoms with Gasteiger partial charge in [0.15, 0.2) is 0 Å². The van der Waals surface area contributed by atoms with E-state index in [0.29, 0.717) is 42.3 Å². The zero-order chi connectivity index (χ0) is 21.5. The first-order chi connectivity index (χ1) is 15.2. The van der Waals surface area contributed by atoms with E-state index in [1.807, 2.05) is 36.4 Å². The van der Waals surface area contributed by atoms with Crippen LogP contribution in [-0.4, -0.2) is 53.4 Å². The highest BCUT2D eigenvalue weighted by Crippen LogP contribution is 2.39. The maximum Gasteiger partial charge on any atom is 0.256 e. The van der Waals surface area contributed by atoms with Gasteiger partial charge in [-0.05, 0) is 30.3 Å². The number of fused-ring (bicyclic) bond motifs is 1. The highest BCUT2D eigenvalue weighted by Gasteiger charge is 2.28. The first-order valence-corrected chi connectivity index (χ1v) is 10.0. The van der Waals surface area contributed by atoms with E-state index in [-0.39, 0.29) is 12.5 Å². The Balaban J connectivity index is 1.29. The van der Waals surface area contributed by atoms with Crippen LogP contribution in [0.15, 0.2) is 61.1 Å². The third-order valence-electron chi connectivity index (χ3n) is 4.71.